The molecule has 3 heterocycles. The van der Waals surface area contributed by atoms with E-state index in [0.29, 0.717) is 32.0 Å². The number of rotatable bonds is 9. The topological polar surface area (TPSA) is 82.2 Å². The maximum atomic E-state index is 14.0. The van der Waals surface area contributed by atoms with Crippen LogP contribution < -0.4 is 5.32 Å². The monoisotopic (exact) mass is 584 g/mol. The summed E-state index contributed by atoms with van der Waals surface area (Å²) in [5.74, 6) is -3.24. The third-order valence-corrected chi connectivity index (χ3v) is 11.2. The highest BCUT2D eigenvalue weighted by atomic mass is 19.3. The molecule has 6 atom stereocenters. The van der Waals surface area contributed by atoms with Crippen LogP contribution in [0.15, 0.2) is 30.3 Å². The second kappa shape index (κ2) is 9.97. The van der Waals surface area contributed by atoms with Crippen molar-refractivity contribution in [2.24, 2.45) is 11.3 Å². The fraction of sp³-hybridized carbons (Fsp3) is 0.719. The smallest absolute Gasteiger partial charge is 0.327 e. The van der Waals surface area contributed by atoms with E-state index >= 15 is 0 Å². The minimum Gasteiger partial charge on any atom is -0.376 e. The standard InChI is InChI=1S/C32H42F2N4O4/c1-20(2)38-29(41)37(18-23-11-15-42-23)28(40)31(38)17-26-30(19-31)16-25(30)36(26)14-10-24(21-6-4-3-5-7-21)35-27(39)22-8-12-32(33,34)13-9-22/h3-7,20,22-26H,8-19H2,1-2H3,(H,35,39)/t23?,24-,25?,26?,30?,31?/m0/s1. The Balaban J connectivity index is 1.04. The number of urea groups is 1. The molecule has 7 rings (SSSR count). The first-order valence-electron chi connectivity index (χ1n) is 15.8. The Morgan fingerprint density at radius 2 is 1.76 bits per heavy atom. The summed E-state index contributed by atoms with van der Waals surface area (Å²) in [6, 6.07) is 10.0. The minimum absolute atomic E-state index is 0.0567. The lowest BCUT2D eigenvalue weighted by Crippen LogP contribution is -2.54. The molecular formula is C32H42F2N4O4. The lowest BCUT2D eigenvalue weighted by molar-refractivity contribution is -0.137. The third kappa shape index (κ3) is 4.38. The van der Waals surface area contributed by atoms with E-state index in [2.05, 4.69) is 10.2 Å². The van der Waals surface area contributed by atoms with Gasteiger partial charge < -0.3 is 15.0 Å². The van der Waals surface area contributed by atoms with Crippen molar-refractivity contribution in [2.75, 3.05) is 19.7 Å². The molecule has 3 saturated heterocycles. The fourth-order valence-corrected chi connectivity index (χ4v) is 8.94. The van der Waals surface area contributed by atoms with Crippen molar-refractivity contribution in [3.8, 4) is 0 Å². The van der Waals surface area contributed by atoms with Gasteiger partial charge in [0.05, 0.1) is 18.7 Å². The molecule has 3 aliphatic carbocycles. The van der Waals surface area contributed by atoms with Crippen LogP contribution in [-0.4, -0.2) is 87.9 Å². The maximum absolute atomic E-state index is 14.0. The van der Waals surface area contributed by atoms with Gasteiger partial charge in [-0.2, -0.15) is 0 Å². The van der Waals surface area contributed by atoms with Gasteiger partial charge in [-0.25, -0.2) is 13.6 Å². The Morgan fingerprint density at radius 1 is 1.07 bits per heavy atom. The highest BCUT2D eigenvalue weighted by molar-refractivity contribution is 6.07. The van der Waals surface area contributed by atoms with Gasteiger partial charge in [0.15, 0.2) is 0 Å². The zero-order chi connectivity index (χ0) is 29.4. The van der Waals surface area contributed by atoms with Crippen LogP contribution in [0.25, 0.3) is 0 Å². The summed E-state index contributed by atoms with van der Waals surface area (Å²) >= 11 is 0. The number of likely N-dealkylation sites (tertiary alicyclic amines) is 1. The molecule has 228 valence electrons. The molecule has 1 N–H and O–H groups in total. The Kier molecular flexibility index (Phi) is 6.70. The van der Waals surface area contributed by atoms with Gasteiger partial charge in [0.2, 0.25) is 11.8 Å². The average Bonchev–Trinajstić information content (AvgIpc) is 3.38. The van der Waals surface area contributed by atoms with Crippen molar-refractivity contribution in [1.82, 2.24) is 20.0 Å². The normalized spacial score (nSPS) is 36.1. The second-order valence-corrected chi connectivity index (χ2v) is 14.0. The van der Waals surface area contributed by atoms with Gasteiger partial charge in [0.25, 0.3) is 5.91 Å². The quantitative estimate of drug-likeness (QED) is 0.433. The summed E-state index contributed by atoms with van der Waals surface area (Å²) in [6.45, 7) is 5.78. The lowest BCUT2D eigenvalue weighted by Gasteiger charge is -2.44. The molecule has 4 amide bonds. The van der Waals surface area contributed by atoms with Crippen LogP contribution in [0.1, 0.15) is 83.2 Å². The summed E-state index contributed by atoms with van der Waals surface area (Å²) in [5.41, 5.74) is 0.304. The summed E-state index contributed by atoms with van der Waals surface area (Å²) in [4.78, 5) is 46.5. The Hall–Kier alpha value is -2.59. The van der Waals surface area contributed by atoms with Gasteiger partial charge in [0.1, 0.15) is 5.54 Å². The average molecular weight is 585 g/mol. The Labute approximate surface area is 246 Å². The number of nitrogens with zero attached hydrogens (tertiary/aromatic N) is 3. The van der Waals surface area contributed by atoms with Crippen LogP contribution in [0.3, 0.4) is 0 Å². The number of benzene rings is 1. The molecular weight excluding hydrogens is 542 g/mol. The van der Waals surface area contributed by atoms with E-state index in [1.54, 1.807) is 0 Å². The molecule has 3 aliphatic heterocycles. The van der Waals surface area contributed by atoms with Crippen molar-refractivity contribution in [1.29, 1.82) is 0 Å². The van der Waals surface area contributed by atoms with Crippen LogP contribution in [0.2, 0.25) is 0 Å². The molecule has 5 unspecified atom stereocenters. The van der Waals surface area contributed by atoms with Gasteiger partial charge in [-0.3, -0.25) is 19.4 Å². The van der Waals surface area contributed by atoms with Gasteiger partial charge in [-0.15, -0.1) is 0 Å². The van der Waals surface area contributed by atoms with Crippen molar-refractivity contribution in [3.05, 3.63) is 35.9 Å². The first kappa shape index (κ1) is 28.2. The van der Waals surface area contributed by atoms with Crippen LogP contribution in [0.4, 0.5) is 13.6 Å². The third-order valence-electron chi connectivity index (χ3n) is 11.2. The van der Waals surface area contributed by atoms with Crippen molar-refractivity contribution < 1.29 is 27.9 Å². The van der Waals surface area contributed by atoms with E-state index < -0.39 is 11.5 Å². The summed E-state index contributed by atoms with van der Waals surface area (Å²) in [5, 5.41) is 3.20. The van der Waals surface area contributed by atoms with Gasteiger partial charge in [0, 0.05) is 55.5 Å². The second-order valence-electron chi connectivity index (χ2n) is 14.0. The summed E-state index contributed by atoms with van der Waals surface area (Å²) in [7, 11) is 0. The number of carbonyl (C=O) groups excluding carboxylic acids is 3. The zero-order valence-corrected chi connectivity index (χ0v) is 24.6. The number of hydrogen-bond donors (Lipinski definition) is 1. The van der Waals surface area contributed by atoms with Crippen LogP contribution >= 0.6 is 0 Å². The van der Waals surface area contributed by atoms with E-state index in [-0.39, 0.29) is 79.1 Å². The molecule has 0 bridgehead atoms. The molecule has 42 heavy (non-hydrogen) atoms. The predicted octanol–water partition coefficient (Wildman–Crippen LogP) is 4.50. The predicted molar refractivity (Wildman–Crippen MR) is 151 cm³/mol. The van der Waals surface area contributed by atoms with Crippen LogP contribution in [-0.2, 0) is 14.3 Å². The maximum Gasteiger partial charge on any atom is 0.327 e. The summed E-state index contributed by atoms with van der Waals surface area (Å²) < 4.78 is 33.0. The van der Waals surface area contributed by atoms with E-state index in [0.717, 1.165) is 31.4 Å². The number of imide groups is 1. The Bertz CT molecular complexity index is 1250. The van der Waals surface area contributed by atoms with Crippen molar-refractivity contribution in [3.63, 3.8) is 0 Å². The number of carbonyl (C=O) groups is 3. The molecule has 6 aliphatic rings. The molecule has 1 aromatic rings. The number of nitrogens with one attached hydrogen (secondary N) is 1. The molecule has 10 heteroatoms. The zero-order valence-electron chi connectivity index (χ0n) is 24.6. The highest BCUT2D eigenvalue weighted by Gasteiger charge is 2.81. The van der Waals surface area contributed by atoms with Crippen molar-refractivity contribution >= 4 is 17.8 Å². The molecule has 1 aromatic carbocycles. The number of hydrogen-bond acceptors (Lipinski definition) is 5. The largest absolute Gasteiger partial charge is 0.376 e. The number of halogens is 2. The summed E-state index contributed by atoms with van der Waals surface area (Å²) in [6.07, 6.45) is 3.88. The highest BCUT2D eigenvalue weighted by Crippen LogP contribution is 2.74. The van der Waals surface area contributed by atoms with E-state index in [9.17, 15) is 23.2 Å². The molecule has 2 spiro atoms. The lowest BCUT2D eigenvalue weighted by atomic mass is 9.85. The SMILES string of the molecule is CC(C)N1C(=O)N(CC2CCO2)C(=O)C12CC1N(CC[C@H](NC(=O)C3CCC(F)(F)CC3)c3ccccc3)C3CC31C2. The number of amides is 4. The van der Waals surface area contributed by atoms with E-state index in [4.69, 9.17) is 4.74 Å². The van der Waals surface area contributed by atoms with Crippen LogP contribution in [0.5, 0.6) is 0 Å². The molecule has 6 fully saturated rings. The minimum atomic E-state index is -2.67. The number of ether oxygens (including phenoxy) is 1. The first-order valence-corrected chi connectivity index (χ1v) is 15.8. The van der Waals surface area contributed by atoms with Crippen molar-refractivity contribution in [2.45, 2.75) is 113 Å². The fourth-order valence-electron chi connectivity index (χ4n) is 8.94. The molecule has 3 saturated carbocycles. The van der Waals surface area contributed by atoms with E-state index in [1.165, 1.54) is 4.90 Å². The number of alkyl halides is 2. The Morgan fingerprint density at radius 3 is 2.40 bits per heavy atom. The van der Waals surface area contributed by atoms with Crippen LogP contribution in [0, 0.1) is 11.3 Å². The molecule has 0 aromatic heterocycles. The van der Waals surface area contributed by atoms with Gasteiger partial charge in [-0.05, 0) is 64.4 Å². The van der Waals surface area contributed by atoms with E-state index in [1.807, 2.05) is 49.1 Å². The molecule has 0 radical (unpaired) electrons. The van der Waals surface area contributed by atoms with Gasteiger partial charge in [-0.1, -0.05) is 30.3 Å². The molecule has 8 nitrogen and oxygen atoms in total. The van der Waals surface area contributed by atoms with Gasteiger partial charge >= 0.3 is 6.03 Å². The first-order chi connectivity index (χ1) is 20.0.